The Kier molecular flexibility index (Phi) is 6.75. The molecule has 0 saturated carbocycles. The van der Waals surface area contributed by atoms with Crippen molar-refractivity contribution in [1.29, 1.82) is 0 Å². The summed E-state index contributed by atoms with van der Waals surface area (Å²) in [7, 11) is 0. The fourth-order valence-electron chi connectivity index (χ4n) is 3.05. The predicted octanol–water partition coefficient (Wildman–Crippen LogP) is 2.84. The summed E-state index contributed by atoms with van der Waals surface area (Å²) >= 11 is 0. The van der Waals surface area contributed by atoms with E-state index in [2.05, 4.69) is 10.6 Å². The van der Waals surface area contributed by atoms with E-state index in [9.17, 15) is 14.3 Å². The molecule has 140 valence electrons. The quantitative estimate of drug-likeness (QED) is 0.766. The highest BCUT2D eigenvalue weighted by molar-refractivity contribution is 5.95. The predicted molar refractivity (Wildman–Crippen MR) is 103 cm³/mol. The molecule has 1 heterocycles. The number of amides is 1. The lowest BCUT2D eigenvalue weighted by Gasteiger charge is -2.14. The first kappa shape index (κ1) is 20.4. The second-order valence-electron chi connectivity index (χ2n) is 6.69. The van der Waals surface area contributed by atoms with Crippen molar-refractivity contribution in [1.82, 2.24) is 10.6 Å². The smallest absolute Gasteiger partial charge is 0.254 e. The number of aliphatic hydroxyl groups excluding tert-OH is 1. The number of aliphatic hydroxyl groups is 1. The molecule has 2 unspecified atom stereocenters. The van der Waals surface area contributed by atoms with Gasteiger partial charge in [0.15, 0.2) is 0 Å². The van der Waals surface area contributed by atoms with E-state index in [0.29, 0.717) is 19.6 Å². The van der Waals surface area contributed by atoms with Crippen LogP contribution >= 0.6 is 12.4 Å². The third-order valence-corrected chi connectivity index (χ3v) is 4.88. The molecule has 0 spiro atoms. The van der Waals surface area contributed by atoms with Crippen molar-refractivity contribution >= 4 is 18.3 Å². The van der Waals surface area contributed by atoms with E-state index in [1.807, 2.05) is 32.0 Å². The van der Waals surface area contributed by atoms with Gasteiger partial charge in [-0.25, -0.2) is 4.39 Å². The van der Waals surface area contributed by atoms with Gasteiger partial charge in [0.25, 0.3) is 5.91 Å². The summed E-state index contributed by atoms with van der Waals surface area (Å²) in [5.74, 6) is -1.04. The van der Waals surface area contributed by atoms with E-state index in [1.165, 1.54) is 17.7 Å². The number of carbonyl (C=O) groups is 1. The number of benzene rings is 2. The number of carbonyl (C=O) groups excluding carboxylic acids is 1. The fourth-order valence-corrected chi connectivity index (χ4v) is 3.05. The van der Waals surface area contributed by atoms with E-state index in [4.69, 9.17) is 0 Å². The molecule has 6 heteroatoms. The first-order chi connectivity index (χ1) is 12.0. The highest BCUT2D eigenvalue weighted by atomic mass is 35.5. The summed E-state index contributed by atoms with van der Waals surface area (Å²) in [5, 5.41) is 15.5. The maximum absolute atomic E-state index is 14.4. The highest BCUT2D eigenvalue weighted by Crippen LogP contribution is 2.24. The maximum Gasteiger partial charge on any atom is 0.254 e. The summed E-state index contributed by atoms with van der Waals surface area (Å²) in [6.45, 7) is 5.55. The molecule has 0 aliphatic carbocycles. The van der Waals surface area contributed by atoms with Gasteiger partial charge >= 0.3 is 0 Å². The van der Waals surface area contributed by atoms with Crippen molar-refractivity contribution < 1.29 is 14.3 Å². The molecular formula is C20H24ClFN2O2. The number of hydrogen-bond acceptors (Lipinski definition) is 3. The van der Waals surface area contributed by atoms with E-state index in [-0.39, 0.29) is 23.9 Å². The molecule has 1 fully saturated rings. The van der Waals surface area contributed by atoms with Crippen LogP contribution in [0.3, 0.4) is 0 Å². The number of aryl methyl sites for hydroxylation is 2. The normalized spacial score (nSPS) is 19.1. The molecule has 26 heavy (non-hydrogen) atoms. The van der Waals surface area contributed by atoms with Crippen LogP contribution in [-0.2, 0) is 0 Å². The van der Waals surface area contributed by atoms with Crippen LogP contribution in [0.1, 0.15) is 21.5 Å². The highest BCUT2D eigenvalue weighted by Gasteiger charge is 2.25. The zero-order valence-corrected chi connectivity index (χ0v) is 15.7. The van der Waals surface area contributed by atoms with Crippen LogP contribution in [0.5, 0.6) is 0 Å². The van der Waals surface area contributed by atoms with Crippen LogP contribution in [0.25, 0.3) is 11.1 Å². The topological polar surface area (TPSA) is 61.4 Å². The lowest BCUT2D eigenvalue weighted by molar-refractivity contribution is 0.0923. The SMILES string of the molecule is Cc1ccc(-c2ccc(C(=O)NCC3CNCC3O)c(F)c2)cc1C.Cl. The molecule has 2 aromatic carbocycles. The van der Waals surface area contributed by atoms with Gasteiger partial charge in [0.2, 0.25) is 0 Å². The lowest BCUT2D eigenvalue weighted by Crippen LogP contribution is -2.34. The Morgan fingerprint density at radius 1 is 1.15 bits per heavy atom. The number of nitrogens with one attached hydrogen (secondary N) is 2. The van der Waals surface area contributed by atoms with Gasteiger partial charge in [-0.15, -0.1) is 12.4 Å². The van der Waals surface area contributed by atoms with Crippen LogP contribution in [-0.4, -0.2) is 36.8 Å². The summed E-state index contributed by atoms with van der Waals surface area (Å²) in [4.78, 5) is 12.2. The van der Waals surface area contributed by atoms with Crippen molar-refractivity contribution in [2.75, 3.05) is 19.6 Å². The Morgan fingerprint density at radius 3 is 2.46 bits per heavy atom. The molecule has 3 rings (SSSR count). The van der Waals surface area contributed by atoms with Gasteiger partial charge < -0.3 is 15.7 Å². The number of hydrogen-bond donors (Lipinski definition) is 3. The van der Waals surface area contributed by atoms with Gasteiger partial charge in [-0.2, -0.15) is 0 Å². The van der Waals surface area contributed by atoms with Crippen LogP contribution < -0.4 is 10.6 Å². The molecule has 1 amide bonds. The minimum atomic E-state index is -0.543. The summed E-state index contributed by atoms with van der Waals surface area (Å²) in [6, 6.07) is 10.6. The molecule has 3 N–H and O–H groups in total. The molecule has 2 aromatic rings. The second-order valence-corrected chi connectivity index (χ2v) is 6.69. The number of halogens is 2. The van der Waals surface area contributed by atoms with Crippen molar-refractivity contribution in [3.05, 3.63) is 58.9 Å². The summed E-state index contributed by atoms with van der Waals surface area (Å²) < 4.78 is 14.4. The van der Waals surface area contributed by atoms with Gasteiger partial charge in [-0.05, 0) is 48.2 Å². The molecular weight excluding hydrogens is 355 g/mol. The Bertz CT molecular complexity index is 797. The van der Waals surface area contributed by atoms with E-state index in [1.54, 1.807) is 6.07 Å². The van der Waals surface area contributed by atoms with Crippen LogP contribution in [0.4, 0.5) is 4.39 Å². The van der Waals surface area contributed by atoms with E-state index >= 15 is 0 Å². The van der Waals surface area contributed by atoms with Crippen molar-refractivity contribution in [3.8, 4) is 11.1 Å². The fraction of sp³-hybridized carbons (Fsp3) is 0.350. The Morgan fingerprint density at radius 2 is 1.85 bits per heavy atom. The Labute approximate surface area is 159 Å². The van der Waals surface area contributed by atoms with E-state index in [0.717, 1.165) is 16.7 Å². The van der Waals surface area contributed by atoms with Crippen molar-refractivity contribution in [3.63, 3.8) is 0 Å². The lowest BCUT2D eigenvalue weighted by atomic mass is 9.99. The minimum absolute atomic E-state index is 0. The van der Waals surface area contributed by atoms with E-state index < -0.39 is 17.8 Å². The minimum Gasteiger partial charge on any atom is -0.391 e. The van der Waals surface area contributed by atoms with Gasteiger partial charge in [0.05, 0.1) is 11.7 Å². The summed E-state index contributed by atoms with van der Waals surface area (Å²) in [5.41, 5.74) is 4.02. The van der Waals surface area contributed by atoms with Crippen molar-refractivity contribution in [2.24, 2.45) is 5.92 Å². The monoisotopic (exact) mass is 378 g/mol. The first-order valence-corrected chi connectivity index (χ1v) is 8.50. The average Bonchev–Trinajstić information content (AvgIpc) is 3.00. The third-order valence-electron chi connectivity index (χ3n) is 4.88. The molecule has 4 nitrogen and oxygen atoms in total. The van der Waals surface area contributed by atoms with Gasteiger partial charge in [0, 0.05) is 25.6 Å². The standard InChI is InChI=1S/C20H23FN2O2.ClH/c1-12-3-4-14(7-13(12)2)15-5-6-17(18(21)8-15)20(25)23-10-16-9-22-11-19(16)24;/h3-8,16,19,22,24H,9-11H2,1-2H3,(H,23,25);1H. The molecule has 1 saturated heterocycles. The maximum atomic E-state index is 14.4. The number of rotatable bonds is 4. The first-order valence-electron chi connectivity index (χ1n) is 8.50. The summed E-state index contributed by atoms with van der Waals surface area (Å²) in [6.07, 6.45) is -0.475. The molecule has 0 radical (unpaired) electrons. The van der Waals surface area contributed by atoms with Gasteiger partial charge in [-0.1, -0.05) is 24.3 Å². The third kappa shape index (κ3) is 4.41. The van der Waals surface area contributed by atoms with Crippen LogP contribution in [0, 0.1) is 25.6 Å². The van der Waals surface area contributed by atoms with Gasteiger partial charge in [0.1, 0.15) is 5.82 Å². The second kappa shape index (κ2) is 8.62. The van der Waals surface area contributed by atoms with Crippen molar-refractivity contribution in [2.45, 2.75) is 20.0 Å². The largest absolute Gasteiger partial charge is 0.391 e. The molecule has 0 aromatic heterocycles. The average molecular weight is 379 g/mol. The molecule has 2 atom stereocenters. The van der Waals surface area contributed by atoms with Crippen LogP contribution in [0.15, 0.2) is 36.4 Å². The molecule has 0 bridgehead atoms. The zero-order valence-electron chi connectivity index (χ0n) is 14.9. The van der Waals surface area contributed by atoms with Gasteiger partial charge in [-0.3, -0.25) is 4.79 Å². The zero-order chi connectivity index (χ0) is 18.0. The molecule has 1 aliphatic heterocycles. The number of β-amino-alcohol motifs (C(OH)–C–C–N with tert-alkyl or cyclic N) is 1. The Hall–Kier alpha value is -1.95. The Balaban J connectivity index is 0.00000243. The molecule has 1 aliphatic rings. The van der Waals surface area contributed by atoms with Crippen LogP contribution in [0.2, 0.25) is 0 Å².